The lowest BCUT2D eigenvalue weighted by molar-refractivity contribution is -0.112. The van der Waals surface area contributed by atoms with Gasteiger partial charge in [0.1, 0.15) is 24.1 Å². The molecule has 0 spiro atoms. The van der Waals surface area contributed by atoms with E-state index in [-0.39, 0.29) is 18.0 Å². The molecule has 0 bridgehead atoms. The van der Waals surface area contributed by atoms with Crippen molar-refractivity contribution >= 4 is 51.9 Å². The number of anilines is 1. The van der Waals surface area contributed by atoms with Gasteiger partial charge >= 0.3 is 0 Å². The molecule has 1 N–H and O–H groups in total. The van der Waals surface area contributed by atoms with E-state index in [2.05, 4.69) is 27.9 Å². The van der Waals surface area contributed by atoms with Crippen molar-refractivity contribution in [2.45, 2.75) is 13.5 Å². The number of hydrogen-bond acceptors (Lipinski definition) is 4. The summed E-state index contributed by atoms with van der Waals surface area (Å²) in [6, 6.07) is 18.5. The smallest absolute Gasteiger partial charge is 0.266 e. The molecule has 0 unspecified atom stereocenters. The minimum absolute atomic E-state index is 0.0294. The Balaban J connectivity index is 1.87. The first-order valence-electron chi connectivity index (χ1n) is 9.93. The van der Waals surface area contributed by atoms with E-state index in [1.165, 1.54) is 12.1 Å². The molecule has 168 valence electrons. The standard InChI is InChI=1S/C25H19ClFIN2O3/c1-2-32-23-13-16(11-18(14-29)25(31)30-22-10-6-4-8-19(22)26)12-21(28)24(23)33-15-17-7-3-5-9-20(17)27/h3-13H,2,15H2,1H3,(H,30,31)/b18-11+. The fourth-order valence-corrected chi connectivity index (χ4v) is 3.87. The maximum Gasteiger partial charge on any atom is 0.266 e. The zero-order valence-corrected chi connectivity index (χ0v) is 20.5. The van der Waals surface area contributed by atoms with Crippen LogP contribution < -0.4 is 14.8 Å². The Kier molecular flexibility index (Phi) is 8.69. The largest absolute Gasteiger partial charge is 0.490 e. The number of para-hydroxylation sites is 1. The molecule has 0 aliphatic carbocycles. The van der Waals surface area contributed by atoms with Gasteiger partial charge in [0.2, 0.25) is 0 Å². The van der Waals surface area contributed by atoms with Gasteiger partial charge in [-0.25, -0.2) is 4.39 Å². The molecular weight excluding hydrogens is 558 g/mol. The quantitative estimate of drug-likeness (QED) is 0.186. The lowest BCUT2D eigenvalue weighted by Gasteiger charge is -2.15. The van der Waals surface area contributed by atoms with Gasteiger partial charge in [0, 0.05) is 5.56 Å². The van der Waals surface area contributed by atoms with Gasteiger partial charge in [0.25, 0.3) is 5.91 Å². The third-order valence-electron chi connectivity index (χ3n) is 4.46. The molecule has 3 aromatic carbocycles. The van der Waals surface area contributed by atoms with Crippen LogP contribution in [0.3, 0.4) is 0 Å². The number of amides is 1. The van der Waals surface area contributed by atoms with E-state index >= 15 is 0 Å². The molecule has 1 amide bonds. The summed E-state index contributed by atoms with van der Waals surface area (Å²) >= 11 is 8.15. The minimum atomic E-state index is -0.585. The predicted octanol–water partition coefficient (Wildman–Crippen LogP) is 6.61. The van der Waals surface area contributed by atoms with Gasteiger partial charge in [-0.05, 0) is 71.5 Å². The Morgan fingerprint density at radius 3 is 2.61 bits per heavy atom. The summed E-state index contributed by atoms with van der Waals surface area (Å²) in [5.74, 6) is -0.0562. The molecule has 0 fully saturated rings. The number of halogens is 3. The van der Waals surface area contributed by atoms with E-state index in [1.54, 1.807) is 54.6 Å². The van der Waals surface area contributed by atoms with Gasteiger partial charge < -0.3 is 14.8 Å². The monoisotopic (exact) mass is 576 g/mol. The molecular formula is C25H19ClFIN2O3. The van der Waals surface area contributed by atoms with Crippen molar-refractivity contribution in [1.82, 2.24) is 0 Å². The van der Waals surface area contributed by atoms with Crippen molar-refractivity contribution in [2.75, 3.05) is 11.9 Å². The molecule has 0 radical (unpaired) electrons. The highest BCUT2D eigenvalue weighted by Crippen LogP contribution is 2.35. The van der Waals surface area contributed by atoms with Crippen LogP contribution in [-0.4, -0.2) is 12.5 Å². The topological polar surface area (TPSA) is 71.3 Å². The Morgan fingerprint density at radius 2 is 1.91 bits per heavy atom. The zero-order chi connectivity index (χ0) is 23.8. The number of ether oxygens (including phenoxy) is 2. The normalized spacial score (nSPS) is 10.9. The third-order valence-corrected chi connectivity index (χ3v) is 5.59. The van der Waals surface area contributed by atoms with Gasteiger partial charge in [-0.1, -0.05) is 41.9 Å². The molecule has 0 saturated heterocycles. The molecule has 3 aromatic rings. The number of nitriles is 1. The zero-order valence-electron chi connectivity index (χ0n) is 17.6. The second kappa shape index (κ2) is 11.7. The summed E-state index contributed by atoms with van der Waals surface area (Å²) in [7, 11) is 0. The Labute approximate surface area is 209 Å². The van der Waals surface area contributed by atoms with E-state index in [1.807, 2.05) is 13.0 Å². The van der Waals surface area contributed by atoms with Crippen LogP contribution in [0.2, 0.25) is 5.02 Å². The molecule has 5 nitrogen and oxygen atoms in total. The summed E-state index contributed by atoms with van der Waals surface area (Å²) in [5.41, 5.74) is 1.30. The summed E-state index contributed by atoms with van der Waals surface area (Å²) < 4.78 is 26.2. The van der Waals surface area contributed by atoms with E-state index in [9.17, 15) is 14.4 Å². The van der Waals surface area contributed by atoms with Crippen molar-refractivity contribution in [2.24, 2.45) is 0 Å². The molecule has 8 heteroatoms. The fraction of sp³-hybridized carbons (Fsp3) is 0.120. The summed E-state index contributed by atoms with van der Waals surface area (Å²) in [5, 5.41) is 12.5. The van der Waals surface area contributed by atoms with Crippen LogP contribution in [0.15, 0.2) is 66.2 Å². The fourth-order valence-electron chi connectivity index (χ4n) is 2.91. The molecule has 0 saturated carbocycles. The molecule has 0 heterocycles. The predicted molar refractivity (Wildman–Crippen MR) is 135 cm³/mol. The Bertz CT molecular complexity index is 1240. The summed E-state index contributed by atoms with van der Waals surface area (Å²) in [6.45, 7) is 2.23. The van der Waals surface area contributed by atoms with Crippen LogP contribution in [0.5, 0.6) is 11.5 Å². The number of rotatable bonds is 8. The highest BCUT2D eigenvalue weighted by molar-refractivity contribution is 14.1. The lowest BCUT2D eigenvalue weighted by Crippen LogP contribution is -2.13. The van der Waals surface area contributed by atoms with Crippen molar-refractivity contribution in [3.63, 3.8) is 0 Å². The van der Waals surface area contributed by atoms with E-state index < -0.39 is 5.91 Å². The number of hydrogen-bond donors (Lipinski definition) is 1. The highest BCUT2D eigenvalue weighted by Gasteiger charge is 2.16. The number of nitrogens with one attached hydrogen (secondary N) is 1. The van der Waals surface area contributed by atoms with Crippen LogP contribution in [0.1, 0.15) is 18.1 Å². The second-order valence-corrected chi connectivity index (χ2v) is 8.32. The van der Waals surface area contributed by atoms with E-state index in [0.717, 1.165) is 0 Å². The van der Waals surface area contributed by atoms with E-state index in [4.69, 9.17) is 21.1 Å². The lowest BCUT2D eigenvalue weighted by atomic mass is 10.1. The SMILES string of the molecule is CCOc1cc(/C=C(\C#N)C(=O)Nc2ccccc2Cl)cc(I)c1OCc1ccccc1F. The first kappa shape index (κ1) is 24.6. The van der Waals surface area contributed by atoms with Gasteiger partial charge in [-0.15, -0.1) is 0 Å². The van der Waals surface area contributed by atoms with Crippen molar-refractivity contribution < 1.29 is 18.7 Å². The molecule has 0 aliphatic heterocycles. The molecule has 3 rings (SSSR count). The van der Waals surface area contributed by atoms with Gasteiger partial charge in [-0.2, -0.15) is 5.26 Å². The van der Waals surface area contributed by atoms with Crippen molar-refractivity contribution in [3.8, 4) is 17.6 Å². The molecule has 0 aliphatic rings. The van der Waals surface area contributed by atoms with Crippen LogP contribution >= 0.6 is 34.2 Å². The average Bonchev–Trinajstić information content (AvgIpc) is 2.79. The molecule has 0 aromatic heterocycles. The third kappa shape index (κ3) is 6.46. The summed E-state index contributed by atoms with van der Waals surface area (Å²) in [4.78, 5) is 12.6. The van der Waals surface area contributed by atoms with Crippen LogP contribution in [0.4, 0.5) is 10.1 Å². The molecule has 0 atom stereocenters. The van der Waals surface area contributed by atoms with Crippen LogP contribution in [0, 0.1) is 20.7 Å². The molecule has 33 heavy (non-hydrogen) atoms. The van der Waals surface area contributed by atoms with Crippen molar-refractivity contribution in [3.05, 3.63) is 91.8 Å². The maximum atomic E-state index is 13.9. The van der Waals surface area contributed by atoms with Gasteiger partial charge in [0.05, 0.1) is 20.9 Å². The average molecular weight is 577 g/mol. The van der Waals surface area contributed by atoms with Gasteiger partial charge in [-0.3, -0.25) is 4.79 Å². The number of carbonyl (C=O) groups is 1. The van der Waals surface area contributed by atoms with Crippen molar-refractivity contribution in [1.29, 1.82) is 5.26 Å². The van der Waals surface area contributed by atoms with Crippen LogP contribution in [-0.2, 0) is 11.4 Å². The number of benzene rings is 3. The number of carbonyl (C=O) groups excluding carboxylic acids is 1. The Hall–Kier alpha value is -3.09. The Morgan fingerprint density at radius 1 is 1.18 bits per heavy atom. The first-order valence-corrected chi connectivity index (χ1v) is 11.4. The first-order chi connectivity index (χ1) is 15.9. The highest BCUT2D eigenvalue weighted by atomic mass is 127. The maximum absolute atomic E-state index is 13.9. The van der Waals surface area contributed by atoms with Gasteiger partial charge in [0.15, 0.2) is 11.5 Å². The van der Waals surface area contributed by atoms with Crippen LogP contribution in [0.25, 0.3) is 6.08 Å². The second-order valence-electron chi connectivity index (χ2n) is 6.75. The summed E-state index contributed by atoms with van der Waals surface area (Å²) in [6.07, 6.45) is 1.46. The van der Waals surface area contributed by atoms with E-state index in [0.29, 0.717) is 43.5 Å². The number of nitrogens with zero attached hydrogens (tertiary/aromatic N) is 1. The minimum Gasteiger partial charge on any atom is -0.490 e.